The van der Waals surface area contributed by atoms with Gasteiger partial charge in [0.15, 0.2) is 0 Å². The number of methoxy groups -OCH3 is 1. The first-order valence-corrected chi connectivity index (χ1v) is 9.22. The van der Waals surface area contributed by atoms with E-state index < -0.39 is 0 Å². The number of nitrogens with one attached hydrogen (secondary N) is 1. The molecule has 148 valence electrons. The number of hydrogen-bond donors (Lipinski definition) is 1. The summed E-state index contributed by atoms with van der Waals surface area (Å²) in [4.78, 5) is 23.9. The average Bonchev–Trinajstić information content (AvgIpc) is 3.00. The maximum Gasteiger partial charge on any atom is 0.341 e. The van der Waals surface area contributed by atoms with Crippen LogP contribution in [0.3, 0.4) is 0 Å². The molecule has 1 aliphatic heterocycles. The van der Waals surface area contributed by atoms with Crippen LogP contribution in [0.2, 0.25) is 0 Å². The minimum atomic E-state index is -0.307. The van der Waals surface area contributed by atoms with Crippen LogP contribution in [0.4, 0.5) is 5.69 Å². The van der Waals surface area contributed by atoms with Crippen LogP contribution < -0.4 is 10.1 Å². The summed E-state index contributed by atoms with van der Waals surface area (Å²) in [6.07, 6.45) is 3.54. The number of rotatable bonds is 8. The van der Waals surface area contributed by atoms with Crippen LogP contribution in [0.1, 0.15) is 60.7 Å². The van der Waals surface area contributed by atoms with E-state index in [2.05, 4.69) is 11.4 Å². The zero-order valence-electron chi connectivity index (χ0n) is 17.0. The number of ether oxygens (including phenoxy) is 3. The van der Waals surface area contributed by atoms with Gasteiger partial charge in [-0.1, -0.05) is 11.6 Å². The minimum absolute atomic E-state index is 0.0987. The molecule has 2 rings (SSSR count). The number of allylic oxidation sites excluding steroid dienone is 2. The highest BCUT2D eigenvalue weighted by Crippen LogP contribution is 2.41. The fourth-order valence-electron chi connectivity index (χ4n) is 3.33. The van der Waals surface area contributed by atoms with Crippen molar-refractivity contribution in [1.82, 2.24) is 0 Å². The van der Waals surface area contributed by atoms with Crippen molar-refractivity contribution >= 4 is 17.6 Å². The second kappa shape index (κ2) is 8.93. The van der Waals surface area contributed by atoms with Gasteiger partial charge in [-0.3, -0.25) is 4.79 Å². The van der Waals surface area contributed by atoms with E-state index in [1.807, 2.05) is 27.7 Å². The SMILES string of the molecule is CNc1c(C/C=C(\C)CCC(=O)OC(C)C)c(OC)c(C)c2c1C(=O)OC2. The van der Waals surface area contributed by atoms with Gasteiger partial charge in [0.2, 0.25) is 0 Å². The van der Waals surface area contributed by atoms with Gasteiger partial charge in [0.05, 0.1) is 24.5 Å². The second-order valence-corrected chi connectivity index (χ2v) is 6.98. The molecule has 0 aliphatic carbocycles. The molecule has 1 heterocycles. The van der Waals surface area contributed by atoms with Gasteiger partial charge in [-0.25, -0.2) is 4.79 Å². The van der Waals surface area contributed by atoms with E-state index in [4.69, 9.17) is 14.2 Å². The molecule has 1 N–H and O–H groups in total. The lowest BCUT2D eigenvalue weighted by Crippen LogP contribution is -2.11. The van der Waals surface area contributed by atoms with Crippen LogP contribution in [-0.4, -0.2) is 32.2 Å². The van der Waals surface area contributed by atoms with Crippen LogP contribution in [0.25, 0.3) is 0 Å². The van der Waals surface area contributed by atoms with E-state index in [1.165, 1.54) is 0 Å². The van der Waals surface area contributed by atoms with Gasteiger partial charge in [0.1, 0.15) is 12.4 Å². The molecule has 0 spiro atoms. The Balaban J connectivity index is 2.25. The molecule has 0 aromatic heterocycles. The van der Waals surface area contributed by atoms with Crippen molar-refractivity contribution in [3.05, 3.63) is 33.9 Å². The van der Waals surface area contributed by atoms with Gasteiger partial charge in [0.25, 0.3) is 0 Å². The van der Waals surface area contributed by atoms with Gasteiger partial charge < -0.3 is 19.5 Å². The van der Waals surface area contributed by atoms with Gasteiger partial charge in [0, 0.05) is 24.6 Å². The molecule has 0 saturated carbocycles. The average molecular weight is 375 g/mol. The van der Waals surface area contributed by atoms with E-state index >= 15 is 0 Å². The predicted molar refractivity (Wildman–Crippen MR) is 104 cm³/mol. The minimum Gasteiger partial charge on any atom is -0.496 e. The summed E-state index contributed by atoms with van der Waals surface area (Å²) >= 11 is 0. The lowest BCUT2D eigenvalue weighted by atomic mass is 9.93. The first kappa shape index (κ1) is 20.8. The maximum atomic E-state index is 12.2. The molecular formula is C21H29NO5. The Morgan fingerprint density at radius 1 is 1.33 bits per heavy atom. The normalized spacial score (nSPS) is 13.4. The van der Waals surface area contributed by atoms with Gasteiger partial charge in [-0.2, -0.15) is 0 Å². The van der Waals surface area contributed by atoms with Crippen LogP contribution in [-0.2, 0) is 27.3 Å². The summed E-state index contributed by atoms with van der Waals surface area (Å²) in [7, 11) is 3.42. The zero-order chi connectivity index (χ0) is 20.1. The smallest absolute Gasteiger partial charge is 0.341 e. The number of carbonyl (C=O) groups is 2. The summed E-state index contributed by atoms with van der Waals surface area (Å²) in [5, 5.41) is 3.14. The van der Waals surface area contributed by atoms with E-state index in [0.717, 1.165) is 33.7 Å². The van der Waals surface area contributed by atoms with Crippen molar-refractivity contribution in [3.8, 4) is 5.75 Å². The first-order chi connectivity index (χ1) is 12.8. The van der Waals surface area contributed by atoms with E-state index in [-0.39, 0.29) is 24.6 Å². The van der Waals surface area contributed by atoms with Crippen LogP contribution in [0.5, 0.6) is 5.75 Å². The molecule has 6 heteroatoms. The summed E-state index contributed by atoms with van der Waals surface area (Å²) in [5.74, 6) is 0.264. The van der Waals surface area contributed by atoms with Crippen LogP contribution >= 0.6 is 0 Å². The Bertz CT molecular complexity index is 765. The molecule has 0 saturated heterocycles. The Kier molecular flexibility index (Phi) is 6.88. The van der Waals surface area contributed by atoms with Crippen LogP contribution in [0, 0.1) is 6.92 Å². The van der Waals surface area contributed by atoms with Crippen molar-refractivity contribution in [2.75, 3.05) is 19.5 Å². The largest absolute Gasteiger partial charge is 0.496 e. The monoisotopic (exact) mass is 375 g/mol. The molecule has 0 amide bonds. The highest BCUT2D eigenvalue weighted by atomic mass is 16.5. The second-order valence-electron chi connectivity index (χ2n) is 6.98. The molecule has 27 heavy (non-hydrogen) atoms. The molecule has 1 aliphatic rings. The Labute approximate surface area is 160 Å². The third-order valence-electron chi connectivity index (χ3n) is 4.67. The van der Waals surface area contributed by atoms with Crippen molar-refractivity contribution < 1.29 is 23.8 Å². The molecule has 0 fully saturated rings. The number of benzene rings is 1. The Morgan fingerprint density at radius 3 is 2.63 bits per heavy atom. The first-order valence-electron chi connectivity index (χ1n) is 9.22. The highest BCUT2D eigenvalue weighted by Gasteiger charge is 2.31. The standard InChI is InChI=1S/C21H29NO5/c1-12(2)27-17(23)10-8-13(3)7-9-15-19(22-5)18-16(11-26-21(18)24)14(4)20(15)25-6/h7,12,22H,8-11H2,1-6H3/b13-7+. The molecule has 1 aromatic rings. The Morgan fingerprint density at radius 2 is 2.04 bits per heavy atom. The number of anilines is 1. The molecular weight excluding hydrogens is 346 g/mol. The maximum absolute atomic E-state index is 12.2. The Hall–Kier alpha value is -2.50. The van der Waals surface area contributed by atoms with Crippen LogP contribution in [0.15, 0.2) is 11.6 Å². The van der Waals surface area contributed by atoms with E-state index in [9.17, 15) is 9.59 Å². The fourth-order valence-corrected chi connectivity index (χ4v) is 3.33. The third kappa shape index (κ3) is 4.62. The molecule has 0 unspecified atom stereocenters. The number of esters is 2. The van der Waals surface area contributed by atoms with Gasteiger partial charge in [-0.05, 0) is 46.1 Å². The predicted octanol–water partition coefficient (Wildman–Crippen LogP) is 3.94. The summed E-state index contributed by atoms with van der Waals surface area (Å²) in [5.41, 5.74) is 5.15. The fraction of sp³-hybridized carbons (Fsp3) is 0.524. The number of hydrogen-bond acceptors (Lipinski definition) is 6. The molecule has 0 bridgehead atoms. The van der Waals surface area contributed by atoms with E-state index in [0.29, 0.717) is 24.8 Å². The summed E-state index contributed by atoms with van der Waals surface area (Å²) in [6, 6.07) is 0. The topological polar surface area (TPSA) is 73.9 Å². The summed E-state index contributed by atoms with van der Waals surface area (Å²) in [6.45, 7) is 7.89. The number of fused-ring (bicyclic) bond motifs is 1. The number of cyclic esters (lactones) is 1. The highest BCUT2D eigenvalue weighted by molar-refractivity contribution is 6.01. The summed E-state index contributed by atoms with van der Waals surface area (Å²) < 4.78 is 16.0. The van der Waals surface area contributed by atoms with E-state index in [1.54, 1.807) is 14.2 Å². The molecule has 6 nitrogen and oxygen atoms in total. The quantitative estimate of drug-likeness (QED) is 0.548. The van der Waals surface area contributed by atoms with Crippen molar-refractivity contribution in [2.45, 2.75) is 59.7 Å². The zero-order valence-corrected chi connectivity index (χ0v) is 17.0. The van der Waals surface area contributed by atoms with Crippen molar-refractivity contribution in [1.29, 1.82) is 0 Å². The molecule has 1 aromatic carbocycles. The lowest BCUT2D eigenvalue weighted by Gasteiger charge is -2.19. The van der Waals surface area contributed by atoms with Gasteiger partial charge in [-0.15, -0.1) is 0 Å². The van der Waals surface area contributed by atoms with Crippen molar-refractivity contribution in [2.24, 2.45) is 0 Å². The molecule has 0 radical (unpaired) electrons. The lowest BCUT2D eigenvalue weighted by molar-refractivity contribution is -0.147. The van der Waals surface area contributed by atoms with Gasteiger partial charge >= 0.3 is 11.9 Å². The molecule has 0 atom stereocenters. The van der Waals surface area contributed by atoms with Crippen molar-refractivity contribution in [3.63, 3.8) is 0 Å². The number of carbonyl (C=O) groups excluding carboxylic acids is 2. The third-order valence-corrected chi connectivity index (χ3v) is 4.67.